The van der Waals surface area contributed by atoms with Crippen molar-refractivity contribution in [1.29, 1.82) is 0 Å². The van der Waals surface area contributed by atoms with E-state index in [9.17, 15) is 13.6 Å². The second kappa shape index (κ2) is 5.01. The highest BCUT2D eigenvalue weighted by atomic mass is 19.1. The van der Waals surface area contributed by atoms with Gasteiger partial charge in [-0.15, -0.1) is 0 Å². The first-order valence-corrected chi connectivity index (χ1v) is 5.17. The Labute approximate surface area is 93.8 Å². The molecule has 0 unspecified atom stereocenters. The van der Waals surface area contributed by atoms with Crippen LogP contribution in [-0.2, 0) is 0 Å². The molecular weight excluding hydrogens is 210 g/mol. The van der Waals surface area contributed by atoms with E-state index in [0.717, 1.165) is 6.07 Å². The molecule has 0 aliphatic heterocycles. The van der Waals surface area contributed by atoms with Crippen LogP contribution in [0.25, 0.3) is 0 Å². The van der Waals surface area contributed by atoms with Crippen molar-refractivity contribution in [3.63, 3.8) is 0 Å². The van der Waals surface area contributed by atoms with Gasteiger partial charge in [0.05, 0.1) is 5.56 Å². The topological polar surface area (TPSA) is 17.1 Å². The summed E-state index contributed by atoms with van der Waals surface area (Å²) in [7, 11) is 0. The first kappa shape index (κ1) is 12.6. The second-order valence-corrected chi connectivity index (χ2v) is 3.55. The summed E-state index contributed by atoms with van der Waals surface area (Å²) >= 11 is 0. The SMILES string of the molecule is C/C=C(/CC)C(=O)c1c(F)ccc(C)c1F. The number of carbonyl (C=O) groups excluding carboxylic acids is 1. The predicted molar refractivity (Wildman–Crippen MR) is 59.5 cm³/mol. The van der Waals surface area contributed by atoms with E-state index in [2.05, 4.69) is 0 Å². The zero-order valence-electron chi connectivity index (χ0n) is 9.60. The fourth-order valence-electron chi connectivity index (χ4n) is 1.52. The molecule has 0 saturated carbocycles. The highest BCUT2D eigenvalue weighted by molar-refractivity contribution is 6.09. The van der Waals surface area contributed by atoms with Crippen molar-refractivity contribution in [3.8, 4) is 0 Å². The lowest BCUT2D eigenvalue weighted by atomic mass is 9.98. The van der Waals surface area contributed by atoms with Gasteiger partial charge in [-0.2, -0.15) is 0 Å². The van der Waals surface area contributed by atoms with Crippen LogP contribution in [0.4, 0.5) is 8.78 Å². The molecule has 86 valence electrons. The molecule has 0 N–H and O–H groups in total. The van der Waals surface area contributed by atoms with Crippen LogP contribution in [0.1, 0.15) is 36.2 Å². The molecule has 0 bridgehead atoms. The first-order chi connectivity index (χ1) is 7.52. The van der Waals surface area contributed by atoms with E-state index in [1.807, 2.05) is 0 Å². The average molecular weight is 224 g/mol. The van der Waals surface area contributed by atoms with Crippen molar-refractivity contribution < 1.29 is 13.6 Å². The van der Waals surface area contributed by atoms with Gasteiger partial charge in [-0.25, -0.2) is 8.78 Å². The van der Waals surface area contributed by atoms with E-state index in [4.69, 9.17) is 0 Å². The Morgan fingerprint density at radius 1 is 1.38 bits per heavy atom. The minimum atomic E-state index is -0.805. The minimum Gasteiger partial charge on any atom is -0.289 e. The Hall–Kier alpha value is -1.51. The van der Waals surface area contributed by atoms with Gasteiger partial charge in [0.15, 0.2) is 5.78 Å². The summed E-state index contributed by atoms with van der Waals surface area (Å²) in [6, 6.07) is 2.44. The summed E-state index contributed by atoms with van der Waals surface area (Å²) in [5.74, 6) is -2.14. The smallest absolute Gasteiger partial charge is 0.194 e. The van der Waals surface area contributed by atoms with Crippen molar-refractivity contribution in [2.45, 2.75) is 27.2 Å². The van der Waals surface area contributed by atoms with Crippen molar-refractivity contribution in [1.82, 2.24) is 0 Å². The maximum Gasteiger partial charge on any atom is 0.194 e. The lowest BCUT2D eigenvalue weighted by Gasteiger charge is -2.07. The molecule has 0 amide bonds. The largest absolute Gasteiger partial charge is 0.289 e. The Morgan fingerprint density at radius 2 is 2.00 bits per heavy atom. The third-order valence-electron chi connectivity index (χ3n) is 2.53. The fourth-order valence-corrected chi connectivity index (χ4v) is 1.52. The molecule has 1 nitrogen and oxygen atoms in total. The fraction of sp³-hybridized carbons (Fsp3) is 0.308. The van der Waals surface area contributed by atoms with Crippen LogP contribution in [0.3, 0.4) is 0 Å². The average Bonchev–Trinajstić information content (AvgIpc) is 2.26. The molecular formula is C13H14F2O. The predicted octanol–water partition coefficient (Wildman–Crippen LogP) is 3.81. The van der Waals surface area contributed by atoms with E-state index in [-0.39, 0.29) is 5.56 Å². The zero-order chi connectivity index (χ0) is 12.3. The molecule has 3 heteroatoms. The third-order valence-corrected chi connectivity index (χ3v) is 2.53. The molecule has 0 aliphatic carbocycles. The number of halogens is 2. The maximum atomic E-state index is 13.7. The van der Waals surface area contributed by atoms with Crippen LogP contribution >= 0.6 is 0 Å². The van der Waals surface area contributed by atoms with Crippen LogP contribution in [-0.4, -0.2) is 5.78 Å². The molecule has 1 aromatic carbocycles. The molecule has 0 aromatic heterocycles. The van der Waals surface area contributed by atoms with Crippen molar-refractivity contribution in [2.24, 2.45) is 0 Å². The Balaban J connectivity index is 3.33. The van der Waals surface area contributed by atoms with Crippen molar-refractivity contribution >= 4 is 5.78 Å². The van der Waals surface area contributed by atoms with Gasteiger partial charge in [0.25, 0.3) is 0 Å². The molecule has 0 spiro atoms. The number of aryl methyl sites for hydroxylation is 1. The summed E-state index contributed by atoms with van der Waals surface area (Å²) in [6.07, 6.45) is 2.05. The summed E-state index contributed by atoms with van der Waals surface area (Å²) in [6.45, 7) is 4.97. The van der Waals surface area contributed by atoms with Crippen LogP contribution in [0.2, 0.25) is 0 Å². The molecule has 0 heterocycles. The van der Waals surface area contributed by atoms with Gasteiger partial charge in [-0.1, -0.05) is 19.1 Å². The van der Waals surface area contributed by atoms with Gasteiger partial charge in [-0.05, 0) is 37.5 Å². The van der Waals surface area contributed by atoms with Crippen LogP contribution in [0.5, 0.6) is 0 Å². The van der Waals surface area contributed by atoms with Gasteiger partial charge < -0.3 is 0 Å². The highest BCUT2D eigenvalue weighted by Gasteiger charge is 2.20. The first-order valence-electron chi connectivity index (χ1n) is 5.17. The number of hydrogen-bond acceptors (Lipinski definition) is 1. The number of Topliss-reactive ketones (excluding diaryl/α,β-unsaturated/α-hetero) is 1. The normalized spacial score (nSPS) is 11.7. The Morgan fingerprint density at radius 3 is 2.50 bits per heavy atom. The number of benzene rings is 1. The Bertz CT molecular complexity index is 447. The zero-order valence-corrected chi connectivity index (χ0v) is 9.60. The number of allylic oxidation sites excluding steroid dienone is 2. The van der Waals surface area contributed by atoms with E-state index in [1.54, 1.807) is 19.9 Å². The van der Waals surface area contributed by atoms with Gasteiger partial charge >= 0.3 is 0 Å². The molecule has 0 fully saturated rings. The highest BCUT2D eigenvalue weighted by Crippen LogP contribution is 2.20. The van der Waals surface area contributed by atoms with E-state index in [0.29, 0.717) is 12.0 Å². The standard InChI is InChI=1S/C13H14F2O/c1-4-9(5-2)13(16)11-10(14)7-6-8(3)12(11)15/h4,6-7H,5H2,1-3H3/b9-4-. The Kier molecular flexibility index (Phi) is 3.93. The van der Waals surface area contributed by atoms with E-state index >= 15 is 0 Å². The monoisotopic (exact) mass is 224 g/mol. The lowest BCUT2D eigenvalue weighted by Crippen LogP contribution is -2.09. The summed E-state index contributed by atoms with van der Waals surface area (Å²) in [5.41, 5.74) is 0.245. The number of ketones is 1. The third kappa shape index (κ3) is 2.18. The second-order valence-electron chi connectivity index (χ2n) is 3.55. The van der Waals surface area contributed by atoms with E-state index < -0.39 is 23.0 Å². The van der Waals surface area contributed by atoms with Crippen LogP contribution in [0, 0.1) is 18.6 Å². The molecule has 0 saturated heterocycles. The summed E-state index contributed by atoms with van der Waals surface area (Å²) in [5, 5.41) is 0. The van der Waals surface area contributed by atoms with Gasteiger partial charge in [0.2, 0.25) is 0 Å². The van der Waals surface area contributed by atoms with Gasteiger partial charge in [-0.3, -0.25) is 4.79 Å². The van der Waals surface area contributed by atoms with Gasteiger partial charge in [0, 0.05) is 0 Å². The van der Waals surface area contributed by atoms with Gasteiger partial charge in [0.1, 0.15) is 11.6 Å². The maximum absolute atomic E-state index is 13.7. The summed E-state index contributed by atoms with van der Waals surface area (Å²) < 4.78 is 27.1. The number of hydrogen-bond donors (Lipinski definition) is 0. The molecule has 1 aromatic rings. The van der Waals surface area contributed by atoms with Crippen LogP contribution < -0.4 is 0 Å². The van der Waals surface area contributed by atoms with E-state index in [1.165, 1.54) is 13.0 Å². The van der Waals surface area contributed by atoms with Crippen LogP contribution in [0.15, 0.2) is 23.8 Å². The minimum absolute atomic E-state index is 0.274. The molecule has 0 atom stereocenters. The molecule has 1 rings (SSSR count). The molecule has 0 radical (unpaired) electrons. The van der Waals surface area contributed by atoms with Crippen molar-refractivity contribution in [3.05, 3.63) is 46.5 Å². The quantitative estimate of drug-likeness (QED) is 0.563. The van der Waals surface area contributed by atoms with Crippen molar-refractivity contribution in [2.75, 3.05) is 0 Å². The molecule has 0 aliphatic rings. The molecule has 16 heavy (non-hydrogen) atoms. The number of rotatable bonds is 3. The lowest BCUT2D eigenvalue weighted by molar-refractivity contribution is 0.102. The number of carbonyl (C=O) groups is 1. The summed E-state index contributed by atoms with van der Waals surface area (Å²) in [4.78, 5) is 11.9.